The lowest BCUT2D eigenvalue weighted by Gasteiger charge is -2.11. The average Bonchev–Trinajstić information content (AvgIpc) is 2.92. The van der Waals surface area contributed by atoms with Crippen LogP contribution in [0.15, 0.2) is 48.5 Å². The van der Waals surface area contributed by atoms with Crippen LogP contribution in [-0.2, 0) is 9.53 Å². The molecule has 1 amide bonds. The molecule has 0 spiro atoms. The number of carbonyl (C=O) groups is 2. The molecule has 0 unspecified atom stereocenters. The van der Waals surface area contributed by atoms with Gasteiger partial charge in [0.2, 0.25) is 0 Å². The van der Waals surface area contributed by atoms with Crippen molar-refractivity contribution in [3.63, 3.8) is 0 Å². The number of aromatic nitrogens is 2. The minimum atomic E-state index is -0.592. The van der Waals surface area contributed by atoms with Crippen molar-refractivity contribution in [3.8, 4) is 17.2 Å². The van der Waals surface area contributed by atoms with E-state index in [-0.39, 0.29) is 0 Å². The second-order valence-electron chi connectivity index (χ2n) is 7.13. The molecule has 0 bridgehead atoms. The van der Waals surface area contributed by atoms with Crippen LogP contribution in [0, 0.1) is 13.8 Å². The van der Waals surface area contributed by atoms with Crippen molar-refractivity contribution < 1.29 is 23.8 Å². The van der Waals surface area contributed by atoms with Crippen LogP contribution in [0.5, 0.6) is 11.5 Å². The smallest absolute Gasteiger partial charge is 0.342 e. The zero-order valence-electron chi connectivity index (χ0n) is 17.4. The SMILES string of the molecule is Cc1nn(-c2ccccc2)c(C)c1C(=O)OCC(=O)Nc1ccc2c(c1)OCCCO2. The number of ether oxygens (including phenoxy) is 3. The van der Waals surface area contributed by atoms with Gasteiger partial charge in [0.25, 0.3) is 5.91 Å². The van der Waals surface area contributed by atoms with E-state index in [1.54, 1.807) is 36.7 Å². The van der Waals surface area contributed by atoms with E-state index in [0.717, 1.165) is 12.1 Å². The lowest BCUT2D eigenvalue weighted by molar-refractivity contribution is -0.119. The summed E-state index contributed by atoms with van der Waals surface area (Å²) in [5, 5.41) is 7.14. The van der Waals surface area contributed by atoms with E-state index in [2.05, 4.69) is 10.4 Å². The molecule has 0 saturated heterocycles. The number of nitrogens with zero attached hydrogens (tertiary/aromatic N) is 2. The lowest BCUT2D eigenvalue weighted by atomic mass is 10.2. The molecule has 0 aliphatic carbocycles. The van der Waals surface area contributed by atoms with Crippen molar-refractivity contribution in [2.75, 3.05) is 25.1 Å². The van der Waals surface area contributed by atoms with Gasteiger partial charge in [-0.25, -0.2) is 9.48 Å². The molecule has 8 heteroatoms. The molecule has 1 aliphatic heterocycles. The fraction of sp³-hybridized carbons (Fsp3) is 0.261. The Morgan fingerprint density at radius 2 is 1.81 bits per heavy atom. The van der Waals surface area contributed by atoms with E-state index in [0.29, 0.717) is 47.4 Å². The minimum absolute atomic E-state index is 0.354. The van der Waals surface area contributed by atoms with Gasteiger partial charge in [0, 0.05) is 18.2 Å². The number of hydrogen-bond acceptors (Lipinski definition) is 6. The number of benzene rings is 2. The summed E-state index contributed by atoms with van der Waals surface area (Å²) in [5.74, 6) is 0.176. The van der Waals surface area contributed by atoms with E-state index >= 15 is 0 Å². The minimum Gasteiger partial charge on any atom is -0.490 e. The predicted molar refractivity (Wildman–Crippen MR) is 114 cm³/mol. The normalized spacial score (nSPS) is 12.7. The Labute approximate surface area is 179 Å². The van der Waals surface area contributed by atoms with Crippen molar-refractivity contribution in [3.05, 3.63) is 65.5 Å². The lowest BCUT2D eigenvalue weighted by Crippen LogP contribution is -2.21. The quantitative estimate of drug-likeness (QED) is 0.635. The van der Waals surface area contributed by atoms with Gasteiger partial charge in [-0.05, 0) is 38.1 Å². The second-order valence-corrected chi connectivity index (χ2v) is 7.13. The van der Waals surface area contributed by atoms with Gasteiger partial charge in [-0.3, -0.25) is 4.79 Å². The molecular weight excluding hydrogens is 398 g/mol. The van der Waals surface area contributed by atoms with Gasteiger partial charge in [0.1, 0.15) is 5.56 Å². The largest absolute Gasteiger partial charge is 0.490 e. The van der Waals surface area contributed by atoms with Crippen molar-refractivity contribution in [2.24, 2.45) is 0 Å². The first-order chi connectivity index (χ1) is 15.0. The average molecular weight is 421 g/mol. The second kappa shape index (κ2) is 8.91. The van der Waals surface area contributed by atoms with Gasteiger partial charge in [-0.2, -0.15) is 5.10 Å². The van der Waals surface area contributed by atoms with Gasteiger partial charge in [0.05, 0.1) is 30.3 Å². The van der Waals surface area contributed by atoms with Gasteiger partial charge in [0.15, 0.2) is 18.1 Å². The predicted octanol–water partition coefficient (Wildman–Crippen LogP) is 3.45. The number of nitrogens with one attached hydrogen (secondary N) is 1. The fourth-order valence-electron chi connectivity index (χ4n) is 3.40. The number of fused-ring (bicyclic) bond motifs is 1. The molecule has 1 aromatic heterocycles. The first-order valence-corrected chi connectivity index (χ1v) is 10.0. The van der Waals surface area contributed by atoms with E-state index in [1.165, 1.54) is 0 Å². The number of carbonyl (C=O) groups excluding carboxylic acids is 2. The van der Waals surface area contributed by atoms with Crippen LogP contribution in [0.2, 0.25) is 0 Å². The molecule has 160 valence electrons. The first kappa shape index (κ1) is 20.5. The number of hydrogen-bond donors (Lipinski definition) is 1. The zero-order valence-corrected chi connectivity index (χ0v) is 17.4. The Morgan fingerprint density at radius 1 is 1.06 bits per heavy atom. The molecule has 0 saturated carbocycles. The Balaban J connectivity index is 1.40. The van der Waals surface area contributed by atoms with Crippen LogP contribution >= 0.6 is 0 Å². The number of esters is 1. The number of anilines is 1. The number of rotatable bonds is 5. The standard InChI is InChI=1S/C23H23N3O5/c1-15-22(16(2)26(25-15)18-7-4-3-5-8-18)23(28)31-14-21(27)24-17-9-10-19-20(13-17)30-12-6-11-29-19/h3-5,7-10,13H,6,11-12,14H2,1-2H3,(H,24,27). The maximum atomic E-state index is 12.6. The molecule has 1 N–H and O–H groups in total. The van der Waals surface area contributed by atoms with E-state index in [1.807, 2.05) is 30.3 Å². The summed E-state index contributed by atoms with van der Waals surface area (Å²) in [6.45, 7) is 4.26. The van der Waals surface area contributed by atoms with Gasteiger partial charge in [-0.1, -0.05) is 18.2 Å². The third-order valence-corrected chi connectivity index (χ3v) is 4.86. The van der Waals surface area contributed by atoms with Crippen LogP contribution in [0.1, 0.15) is 28.2 Å². The summed E-state index contributed by atoms with van der Waals surface area (Å²) in [4.78, 5) is 24.9. The molecule has 1 aliphatic rings. The highest BCUT2D eigenvalue weighted by Gasteiger charge is 2.21. The maximum Gasteiger partial charge on any atom is 0.342 e. The molecule has 0 atom stereocenters. The van der Waals surface area contributed by atoms with Gasteiger partial charge < -0.3 is 19.5 Å². The van der Waals surface area contributed by atoms with Crippen molar-refractivity contribution in [1.82, 2.24) is 9.78 Å². The van der Waals surface area contributed by atoms with Crippen LogP contribution in [0.25, 0.3) is 5.69 Å². The maximum absolute atomic E-state index is 12.6. The zero-order chi connectivity index (χ0) is 21.8. The van der Waals surface area contributed by atoms with E-state index < -0.39 is 18.5 Å². The Morgan fingerprint density at radius 3 is 2.58 bits per heavy atom. The summed E-state index contributed by atoms with van der Waals surface area (Å²) in [7, 11) is 0. The topological polar surface area (TPSA) is 91.7 Å². The molecule has 31 heavy (non-hydrogen) atoms. The molecule has 2 aromatic carbocycles. The summed E-state index contributed by atoms with van der Waals surface area (Å²) >= 11 is 0. The van der Waals surface area contributed by atoms with Crippen molar-refractivity contribution >= 4 is 17.6 Å². The highest BCUT2D eigenvalue weighted by molar-refractivity contribution is 5.96. The third kappa shape index (κ3) is 4.53. The summed E-state index contributed by atoms with van der Waals surface area (Å²) in [6, 6.07) is 14.7. The molecule has 8 nitrogen and oxygen atoms in total. The van der Waals surface area contributed by atoms with E-state index in [9.17, 15) is 9.59 Å². The monoisotopic (exact) mass is 421 g/mol. The van der Waals surface area contributed by atoms with Crippen LogP contribution in [-0.4, -0.2) is 41.5 Å². The molecular formula is C23H23N3O5. The number of para-hydroxylation sites is 1. The van der Waals surface area contributed by atoms with Gasteiger partial charge >= 0.3 is 5.97 Å². The molecule has 3 aromatic rings. The highest BCUT2D eigenvalue weighted by Crippen LogP contribution is 2.32. The Bertz CT molecular complexity index is 1110. The molecule has 0 fully saturated rings. The highest BCUT2D eigenvalue weighted by atomic mass is 16.5. The molecule has 2 heterocycles. The molecule has 4 rings (SSSR count). The Hall–Kier alpha value is -3.81. The van der Waals surface area contributed by atoms with Crippen LogP contribution < -0.4 is 14.8 Å². The summed E-state index contributed by atoms with van der Waals surface area (Å²) < 4.78 is 18.1. The van der Waals surface area contributed by atoms with Crippen LogP contribution in [0.4, 0.5) is 5.69 Å². The Kier molecular flexibility index (Phi) is 5.88. The van der Waals surface area contributed by atoms with Crippen molar-refractivity contribution in [2.45, 2.75) is 20.3 Å². The third-order valence-electron chi connectivity index (χ3n) is 4.86. The van der Waals surface area contributed by atoms with Crippen LogP contribution in [0.3, 0.4) is 0 Å². The van der Waals surface area contributed by atoms with Crippen molar-refractivity contribution in [1.29, 1.82) is 0 Å². The fourth-order valence-corrected chi connectivity index (χ4v) is 3.40. The summed E-state index contributed by atoms with van der Waals surface area (Å²) in [5.41, 5.74) is 2.92. The molecule has 0 radical (unpaired) electrons. The number of aryl methyl sites for hydroxylation is 1. The summed E-state index contributed by atoms with van der Waals surface area (Å²) in [6.07, 6.45) is 0.798. The van der Waals surface area contributed by atoms with E-state index in [4.69, 9.17) is 14.2 Å². The van der Waals surface area contributed by atoms with Gasteiger partial charge in [-0.15, -0.1) is 0 Å². The first-order valence-electron chi connectivity index (χ1n) is 10.0. The number of amides is 1.